The molecule has 136 valence electrons. The summed E-state index contributed by atoms with van der Waals surface area (Å²) in [4.78, 5) is 26.0. The fourth-order valence-electron chi connectivity index (χ4n) is 3.02. The zero-order valence-corrected chi connectivity index (χ0v) is 15.5. The van der Waals surface area contributed by atoms with Gasteiger partial charge in [-0.2, -0.15) is 0 Å². The average Bonchev–Trinajstić information content (AvgIpc) is 3.05. The van der Waals surface area contributed by atoms with Crippen molar-refractivity contribution in [3.8, 4) is 11.5 Å². The maximum atomic E-state index is 12.6. The third-order valence-electron chi connectivity index (χ3n) is 4.34. The molecule has 0 saturated carbocycles. The first-order valence-electron chi connectivity index (χ1n) is 8.08. The molecule has 0 unspecified atom stereocenters. The van der Waals surface area contributed by atoms with Gasteiger partial charge in [0.25, 0.3) is 5.91 Å². The van der Waals surface area contributed by atoms with E-state index in [1.807, 2.05) is 6.07 Å². The summed E-state index contributed by atoms with van der Waals surface area (Å²) in [6.07, 6.45) is 0.730. The molecule has 7 heteroatoms. The van der Waals surface area contributed by atoms with Crippen LogP contribution in [0, 0.1) is 0 Å². The Kier molecular flexibility index (Phi) is 5.04. The van der Waals surface area contributed by atoms with Crippen LogP contribution in [0.1, 0.15) is 22.8 Å². The molecular weight excluding hydrogens is 356 g/mol. The van der Waals surface area contributed by atoms with E-state index in [2.05, 4.69) is 5.32 Å². The van der Waals surface area contributed by atoms with Crippen LogP contribution in [-0.4, -0.2) is 32.6 Å². The van der Waals surface area contributed by atoms with E-state index in [1.54, 1.807) is 29.2 Å². The van der Waals surface area contributed by atoms with Crippen molar-refractivity contribution in [2.24, 2.45) is 0 Å². The quantitative estimate of drug-likeness (QED) is 0.889. The Balaban J connectivity index is 1.86. The number of hydrogen-bond donors (Lipinski definition) is 1. The molecule has 0 aliphatic carbocycles. The number of amides is 2. The van der Waals surface area contributed by atoms with Crippen LogP contribution in [0.4, 0.5) is 11.4 Å². The fraction of sp³-hybridized carbons (Fsp3) is 0.263. The van der Waals surface area contributed by atoms with Crippen molar-refractivity contribution in [1.82, 2.24) is 0 Å². The highest BCUT2D eigenvalue weighted by Crippen LogP contribution is 2.36. The van der Waals surface area contributed by atoms with Crippen molar-refractivity contribution in [2.45, 2.75) is 13.3 Å². The minimum Gasteiger partial charge on any atom is -0.495 e. The molecule has 0 fully saturated rings. The number of rotatable bonds is 4. The second-order valence-corrected chi connectivity index (χ2v) is 6.31. The molecule has 26 heavy (non-hydrogen) atoms. The monoisotopic (exact) mass is 374 g/mol. The summed E-state index contributed by atoms with van der Waals surface area (Å²) in [5.41, 5.74) is 2.80. The van der Waals surface area contributed by atoms with Gasteiger partial charge in [-0.25, -0.2) is 0 Å². The van der Waals surface area contributed by atoms with E-state index in [9.17, 15) is 9.59 Å². The number of hydrogen-bond acceptors (Lipinski definition) is 4. The van der Waals surface area contributed by atoms with Gasteiger partial charge >= 0.3 is 0 Å². The van der Waals surface area contributed by atoms with E-state index >= 15 is 0 Å². The largest absolute Gasteiger partial charge is 0.495 e. The van der Waals surface area contributed by atoms with Crippen LogP contribution >= 0.6 is 11.6 Å². The minimum atomic E-state index is -0.284. The Labute approximate surface area is 156 Å². The van der Waals surface area contributed by atoms with Crippen LogP contribution in [0.2, 0.25) is 5.02 Å². The highest BCUT2D eigenvalue weighted by atomic mass is 35.5. The van der Waals surface area contributed by atoms with Gasteiger partial charge in [0.05, 0.1) is 24.9 Å². The molecule has 0 radical (unpaired) electrons. The van der Waals surface area contributed by atoms with Gasteiger partial charge in [0, 0.05) is 30.8 Å². The maximum absolute atomic E-state index is 12.6. The standard InChI is InChI=1S/C19H19ClN2O4/c1-11(23)22-7-6-12-8-13(4-5-16(12)22)19(24)21-15-9-14(20)17(25-2)10-18(15)26-3/h4-5,8-10H,6-7H2,1-3H3,(H,21,24). The Morgan fingerprint density at radius 2 is 1.85 bits per heavy atom. The number of benzene rings is 2. The number of carbonyl (C=O) groups is 2. The normalized spacial score (nSPS) is 12.5. The number of halogens is 1. The Hall–Kier alpha value is -2.73. The molecule has 0 atom stereocenters. The number of fused-ring (bicyclic) bond motifs is 1. The second kappa shape index (κ2) is 7.25. The summed E-state index contributed by atoms with van der Waals surface area (Å²) in [7, 11) is 3.01. The summed E-state index contributed by atoms with van der Waals surface area (Å²) in [6, 6.07) is 8.52. The van der Waals surface area contributed by atoms with Gasteiger partial charge in [-0.05, 0) is 36.2 Å². The zero-order valence-electron chi connectivity index (χ0n) is 14.8. The summed E-state index contributed by atoms with van der Waals surface area (Å²) in [5, 5.41) is 3.18. The van der Waals surface area contributed by atoms with E-state index in [0.29, 0.717) is 34.3 Å². The molecule has 1 aliphatic rings. The maximum Gasteiger partial charge on any atom is 0.255 e. The number of ether oxygens (including phenoxy) is 2. The Bertz CT molecular complexity index is 882. The first-order valence-corrected chi connectivity index (χ1v) is 8.46. The molecular formula is C19H19ClN2O4. The van der Waals surface area contributed by atoms with Crippen LogP contribution in [0.25, 0.3) is 0 Å². The lowest BCUT2D eigenvalue weighted by atomic mass is 10.1. The van der Waals surface area contributed by atoms with Crippen molar-refractivity contribution in [3.63, 3.8) is 0 Å². The second-order valence-electron chi connectivity index (χ2n) is 5.91. The van der Waals surface area contributed by atoms with E-state index in [1.165, 1.54) is 21.1 Å². The molecule has 1 N–H and O–H groups in total. The summed E-state index contributed by atoms with van der Waals surface area (Å²) >= 11 is 6.14. The molecule has 0 saturated heterocycles. The van der Waals surface area contributed by atoms with Crippen LogP contribution in [0.3, 0.4) is 0 Å². The van der Waals surface area contributed by atoms with Crippen LogP contribution in [0.5, 0.6) is 11.5 Å². The summed E-state index contributed by atoms with van der Waals surface area (Å²) in [6.45, 7) is 2.17. The van der Waals surface area contributed by atoms with E-state index < -0.39 is 0 Å². The number of nitrogens with zero attached hydrogens (tertiary/aromatic N) is 1. The van der Waals surface area contributed by atoms with Gasteiger partial charge in [-0.15, -0.1) is 0 Å². The predicted molar refractivity (Wildman–Crippen MR) is 101 cm³/mol. The van der Waals surface area contributed by atoms with Crippen molar-refractivity contribution in [1.29, 1.82) is 0 Å². The van der Waals surface area contributed by atoms with Gasteiger partial charge in [0.15, 0.2) is 0 Å². The number of anilines is 2. The molecule has 2 aromatic carbocycles. The number of carbonyl (C=O) groups excluding carboxylic acids is 2. The molecule has 0 spiro atoms. The van der Waals surface area contributed by atoms with Gasteiger partial charge < -0.3 is 19.7 Å². The topological polar surface area (TPSA) is 67.9 Å². The van der Waals surface area contributed by atoms with Gasteiger partial charge in [0.1, 0.15) is 11.5 Å². The van der Waals surface area contributed by atoms with E-state index in [0.717, 1.165) is 17.7 Å². The van der Waals surface area contributed by atoms with Gasteiger partial charge in [-0.1, -0.05) is 11.6 Å². The van der Waals surface area contributed by atoms with Crippen molar-refractivity contribution in [2.75, 3.05) is 31.0 Å². The van der Waals surface area contributed by atoms with Crippen LogP contribution < -0.4 is 19.7 Å². The lowest BCUT2D eigenvalue weighted by Gasteiger charge is -2.15. The zero-order chi connectivity index (χ0) is 18.8. The molecule has 0 bridgehead atoms. The predicted octanol–water partition coefficient (Wildman–Crippen LogP) is 3.52. The molecule has 0 aromatic heterocycles. The molecule has 3 rings (SSSR count). The highest BCUT2D eigenvalue weighted by Gasteiger charge is 2.23. The van der Waals surface area contributed by atoms with Crippen molar-refractivity contribution in [3.05, 3.63) is 46.5 Å². The van der Waals surface area contributed by atoms with E-state index in [4.69, 9.17) is 21.1 Å². The number of nitrogens with one attached hydrogen (secondary N) is 1. The molecule has 6 nitrogen and oxygen atoms in total. The van der Waals surface area contributed by atoms with Gasteiger partial charge in [0.2, 0.25) is 5.91 Å². The Morgan fingerprint density at radius 1 is 1.12 bits per heavy atom. The van der Waals surface area contributed by atoms with Crippen LogP contribution in [-0.2, 0) is 11.2 Å². The lowest BCUT2D eigenvalue weighted by Crippen LogP contribution is -2.25. The molecule has 2 amide bonds. The number of methoxy groups -OCH3 is 2. The molecule has 1 heterocycles. The Morgan fingerprint density at radius 3 is 2.50 bits per heavy atom. The smallest absolute Gasteiger partial charge is 0.255 e. The highest BCUT2D eigenvalue weighted by molar-refractivity contribution is 6.32. The SMILES string of the molecule is COc1cc(OC)c(NC(=O)c2ccc3c(c2)CCN3C(C)=O)cc1Cl. The summed E-state index contributed by atoms with van der Waals surface area (Å²) in [5.74, 6) is 0.624. The lowest BCUT2D eigenvalue weighted by molar-refractivity contribution is -0.116. The van der Waals surface area contributed by atoms with Gasteiger partial charge in [-0.3, -0.25) is 9.59 Å². The molecule has 2 aromatic rings. The van der Waals surface area contributed by atoms with Crippen molar-refractivity contribution >= 4 is 34.8 Å². The average molecular weight is 375 g/mol. The third kappa shape index (κ3) is 3.32. The minimum absolute atomic E-state index is 0.00133. The first-order chi connectivity index (χ1) is 12.4. The van der Waals surface area contributed by atoms with Crippen LogP contribution in [0.15, 0.2) is 30.3 Å². The molecule has 1 aliphatic heterocycles. The van der Waals surface area contributed by atoms with Crippen molar-refractivity contribution < 1.29 is 19.1 Å². The first kappa shape index (κ1) is 18.1. The fourth-order valence-corrected chi connectivity index (χ4v) is 3.26. The third-order valence-corrected chi connectivity index (χ3v) is 4.63. The van der Waals surface area contributed by atoms with E-state index in [-0.39, 0.29) is 11.8 Å². The summed E-state index contributed by atoms with van der Waals surface area (Å²) < 4.78 is 10.5.